The molecule has 0 heterocycles. The monoisotopic (exact) mass is 270 g/mol. The van der Waals surface area contributed by atoms with Gasteiger partial charge in [0, 0.05) is 17.7 Å². The van der Waals surface area contributed by atoms with Crippen molar-refractivity contribution >= 4 is 11.6 Å². The highest BCUT2D eigenvalue weighted by Gasteiger charge is 2.14. The zero-order chi connectivity index (χ0) is 14.5. The van der Waals surface area contributed by atoms with Crippen molar-refractivity contribution in [3.8, 4) is 0 Å². The molecule has 0 radical (unpaired) electrons. The van der Waals surface area contributed by atoms with E-state index in [4.69, 9.17) is 0 Å². The Bertz CT molecular complexity index is 626. The van der Waals surface area contributed by atoms with E-state index in [2.05, 4.69) is 5.32 Å². The van der Waals surface area contributed by atoms with Gasteiger partial charge in [-0.05, 0) is 18.6 Å². The second-order valence-electron chi connectivity index (χ2n) is 4.41. The number of nitrogens with one attached hydrogen (secondary N) is 1. The molecule has 0 aliphatic heterocycles. The largest absolute Gasteiger partial charge is 0.346 e. The van der Waals surface area contributed by atoms with Gasteiger partial charge in [-0.1, -0.05) is 36.4 Å². The zero-order valence-corrected chi connectivity index (χ0v) is 10.9. The first kappa shape index (κ1) is 13.7. The van der Waals surface area contributed by atoms with Crippen LogP contribution in [0.25, 0.3) is 0 Å². The second kappa shape index (κ2) is 5.97. The van der Waals surface area contributed by atoms with E-state index in [1.807, 2.05) is 37.3 Å². The molecule has 5 heteroatoms. The molecule has 0 aliphatic rings. The fourth-order valence-electron chi connectivity index (χ4n) is 1.87. The Labute approximate surface area is 116 Å². The molecular weight excluding hydrogens is 256 g/mol. The van der Waals surface area contributed by atoms with Gasteiger partial charge in [-0.2, -0.15) is 0 Å². The molecule has 2 aromatic rings. The highest BCUT2D eigenvalue weighted by atomic mass is 16.6. The maximum absolute atomic E-state index is 12.1. The molecule has 20 heavy (non-hydrogen) atoms. The van der Waals surface area contributed by atoms with Gasteiger partial charge in [0.2, 0.25) is 0 Å². The van der Waals surface area contributed by atoms with Crippen molar-refractivity contribution in [3.63, 3.8) is 0 Å². The lowest BCUT2D eigenvalue weighted by atomic mass is 10.1. The lowest BCUT2D eigenvalue weighted by Gasteiger charge is -2.14. The van der Waals surface area contributed by atoms with Gasteiger partial charge in [-0.15, -0.1) is 0 Å². The summed E-state index contributed by atoms with van der Waals surface area (Å²) >= 11 is 0. The van der Waals surface area contributed by atoms with Crippen LogP contribution >= 0.6 is 0 Å². The van der Waals surface area contributed by atoms with Crippen LogP contribution in [0.2, 0.25) is 0 Å². The van der Waals surface area contributed by atoms with E-state index in [1.165, 1.54) is 18.2 Å². The third-order valence-electron chi connectivity index (χ3n) is 2.97. The number of hydrogen-bond donors (Lipinski definition) is 1. The number of carbonyl (C=O) groups is 1. The summed E-state index contributed by atoms with van der Waals surface area (Å²) in [5.41, 5.74) is 1.17. The van der Waals surface area contributed by atoms with Crippen LogP contribution in [0.3, 0.4) is 0 Å². The molecule has 102 valence electrons. The molecule has 0 fully saturated rings. The van der Waals surface area contributed by atoms with Crippen LogP contribution in [0.1, 0.15) is 28.9 Å². The average molecular weight is 270 g/mol. The summed E-state index contributed by atoms with van der Waals surface area (Å²) in [7, 11) is 0. The van der Waals surface area contributed by atoms with Gasteiger partial charge in [0.25, 0.3) is 11.6 Å². The summed E-state index contributed by atoms with van der Waals surface area (Å²) in [5.74, 6) is -0.329. The molecule has 2 rings (SSSR count). The molecule has 0 aliphatic carbocycles. The van der Waals surface area contributed by atoms with Crippen molar-refractivity contribution in [1.29, 1.82) is 0 Å². The second-order valence-corrected chi connectivity index (χ2v) is 4.41. The molecule has 1 atom stereocenters. The summed E-state index contributed by atoms with van der Waals surface area (Å²) in [6, 6.07) is 15.0. The van der Waals surface area contributed by atoms with Gasteiger partial charge in [0.15, 0.2) is 0 Å². The van der Waals surface area contributed by atoms with Crippen LogP contribution < -0.4 is 5.32 Å². The molecule has 0 spiro atoms. The maximum Gasteiger partial charge on any atom is 0.270 e. The van der Waals surface area contributed by atoms with E-state index in [0.29, 0.717) is 0 Å². The first-order valence-corrected chi connectivity index (χ1v) is 6.18. The van der Waals surface area contributed by atoms with Crippen LogP contribution in [-0.4, -0.2) is 10.8 Å². The molecule has 2 aromatic carbocycles. The summed E-state index contributed by atoms with van der Waals surface area (Å²) in [6.45, 7) is 1.87. The van der Waals surface area contributed by atoms with Gasteiger partial charge in [0.1, 0.15) is 0 Å². The molecule has 0 saturated heterocycles. The van der Waals surface area contributed by atoms with Crippen molar-refractivity contribution in [1.82, 2.24) is 5.32 Å². The minimum absolute atomic E-state index is 0.0926. The van der Waals surface area contributed by atoms with E-state index < -0.39 is 4.92 Å². The minimum Gasteiger partial charge on any atom is -0.346 e. The fourth-order valence-corrected chi connectivity index (χ4v) is 1.87. The van der Waals surface area contributed by atoms with Gasteiger partial charge in [-0.25, -0.2) is 0 Å². The summed E-state index contributed by atoms with van der Waals surface area (Å²) in [5, 5.41) is 13.5. The van der Waals surface area contributed by atoms with E-state index in [1.54, 1.807) is 6.07 Å². The average Bonchev–Trinajstić information content (AvgIpc) is 2.48. The molecule has 1 unspecified atom stereocenters. The normalized spacial score (nSPS) is 11.7. The first-order chi connectivity index (χ1) is 9.58. The van der Waals surface area contributed by atoms with Crippen molar-refractivity contribution in [3.05, 3.63) is 75.8 Å². The first-order valence-electron chi connectivity index (χ1n) is 6.18. The van der Waals surface area contributed by atoms with Crippen molar-refractivity contribution in [2.45, 2.75) is 13.0 Å². The molecule has 0 bridgehead atoms. The fraction of sp³-hybridized carbons (Fsp3) is 0.133. The lowest BCUT2D eigenvalue weighted by Crippen LogP contribution is -2.26. The number of rotatable bonds is 4. The molecule has 1 amide bonds. The number of non-ortho nitro benzene ring substituents is 1. The number of hydrogen-bond acceptors (Lipinski definition) is 3. The van der Waals surface area contributed by atoms with Crippen molar-refractivity contribution < 1.29 is 9.72 Å². The Hall–Kier alpha value is -2.69. The molecule has 5 nitrogen and oxygen atoms in total. The van der Waals surface area contributed by atoms with Gasteiger partial charge in [-0.3, -0.25) is 14.9 Å². The molecule has 0 aromatic heterocycles. The van der Waals surface area contributed by atoms with E-state index in [-0.39, 0.29) is 23.2 Å². The maximum atomic E-state index is 12.1. The van der Waals surface area contributed by atoms with E-state index >= 15 is 0 Å². The predicted molar refractivity (Wildman–Crippen MR) is 75.4 cm³/mol. The number of nitrogens with zero attached hydrogens (tertiary/aromatic N) is 1. The zero-order valence-electron chi connectivity index (χ0n) is 10.9. The van der Waals surface area contributed by atoms with Gasteiger partial charge in [0.05, 0.1) is 11.0 Å². The smallest absolute Gasteiger partial charge is 0.270 e. The predicted octanol–water partition coefficient (Wildman–Crippen LogP) is 3.09. The highest BCUT2D eigenvalue weighted by molar-refractivity contribution is 5.95. The van der Waals surface area contributed by atoms with Crippen molar-refractivity contribution in [2.75, 3.05) is 0 Å². The standard InChI is InChI=1S/C15H14N2O3/c1-11(12-6-3-2-4-7-12)16-15(18)13-8-5-9-14(10-13)17(19)20/h2-11H,1H3,(H,16,18). The third-order valence-corrected chi connectivity index (χ3v) is 2.97. The number of nitro benzene ring substituents is 1. The summed E-state index contributed by atoms with van der Waals surface area (Å²) < 4.78 is 0. The molecule has 0 saturated carbocycles. The molecular formula is C15H14N2O3. The van der Waals surface area contributed by atoms with Crippen LogP contribution in [-0.2, 0) is 0 Å². The SMILES string of the molecule is CC(NC(=O)c1cccc([N+](=O)[O-])c1)c1ccccc1. The van der Waals surface area contributed by atoms with Gasteiger partial charge >= 0.3 is 0 Å². The minimum atomic E-state index is -0.516. The summed E-state index contributed by atoms with van der Waals surface area (Å²) in [6.07, 6.45) is 0. The Kier molecular flexibility index (Phi) is 4.10. The van der Waals surface area contributed by atoms with Crippen molar-refractivity contribution in [2.24, 2.45) is 0 Å². The summed E-state index contributed by atoms with van der Waals surface area (Å²) in [4.78, 5) is 22.2. The Morgan fingerprint density at radius 1 is 1.15 bits per heavy atom. The topological polar surface area (TPSA) is 72.2 Å². The van der Waals surface area contributed by atoms with Gasteiger partial charge < -0.3 is 5.32 Å². The Balaban J connectivity index is 2.12. The van der Waals surface area contributed by atoms with Crippen LogP contribution in [0.15, 0.2) is 54.6 Å². The van der Waals surface area contributed by atoms with Crippen LogP contribution in [0, 0.1) is 10.1 Å². The Morgan fingerprint density at radius 2 is 1.85 bits per heavy atom. The quantitative estimate of drug-likeness (QED) is 0.685. The van der Waals surface area contributed by atoms with Crippen LogP contribution in [0.5, 0.6) is 0 Å². The number of benzene rings is 2. The van der Waals surface area contributed by atoms with Crippen LogP contribution in [0.4, 0.5) is 5.69 Å². The van der Waals surface area contributed by atoms with E-state index in [0.717, 1.165) is 5.56 Å². The number of carbonyl (C=O) groups excluding carboxylic acids is 1. The van der Waals surface area contributed by atoms with E-state index in [9.17, 15) is 14.9 Å². The third kappa shape index (κ3) is 3.20. The Morgan fingerprint density at radius 3 is 2.50 bits per heavy atom. The molecule has 1 N–H and O–H groups in total. The number of nitro groups is 1. The number of amides is 1. The highest BCUT2D eigenvalue weighted by Crippen LogP contribution is 2.15. The lowest BCUT2D eigenvalue weighted by molar-refractivity contribution is -0.384.